The Labute approximate surface area is 105 Å². The van der Waals surface area contributed by atoms with Crippen LogP contribution in [0, 0.1) is 0 Å². The van der Waals surface area contributed by atoms with Crippen molar-refractivity contribution in [3.05, 3.63) is 47.3 Å². The zero-order valence-electron chi connectivity index (χ0n) is 9.99. The second-order valence-corrected chi connectivity index (χ2v) is 4.56. The number of rotatable bonds is 2. The highest BCUT2D eigenvalue weighted by Gasteiger charge is 2.14. The van der Waals surface area contributed by atoms with Gasteiger partial charge in [0.1, 0.15) is 0 Å². The predicted octanol–water partition coefficient (Wildman–Crippen LogP) is 1.43. The number of fused-ring (bicyclic) bond motifs is 1. The van der Waals surface area contributed by atoms with E-state index in [0.717, 1.165) is 30.6 Å². The first-order valence-corrected chi connectivity index (χ1v) is 6.05. The number of hydrogen-bond acceptors (Lipinski definition) is 2. The molecule has 0 saturated carbocycles. The molecule has 18 heavy (non-hydrogen) atoms. The van der Waals surface area contributed by atoms with Crippen LogP contribution in [0.2, 0.25) is 0 Å². The molecule has 1 aliphatic heterocycles. The number of carbonyl (C=O) groups excluding carboxylic acids is 1. The molecule has 4 N–H and O–H groups in total. The summed E-state index contributed by atoms with van der Waals surface area (Å²) in [5, 5.41) is 3.34. The molecule has 1 aromatic heterocycles. The summed E-state index contributed by atoms with van der Waals surface area (Å²) in [7, 11) is 0. The van der Waals surface area contributed by atoms with Crippen molar-refractivity contribution in [1.82, 2.24) is 10.3 Å². The molecule has 0 fully saturated rings. The van der Waals surface area contributed by atoms with Gasteiger partial charge in [-0.15, -0.1) is 0 Å². The molecule has 1 aromatic carbocycles. The summed E-state index contributed by atoms with van der Waals surface area (Å²) in [6, 6.07) is 6.32. The van der Waals surface area contributed by atoms with Gasteiger partial charge < -0.3 is 16.0 Å². The monoisotopic (exact) mass is 241 g/mol. The molecule has 1 aliphatic rings. The molecule has 2 heterocycles. The third-order valence-electron chi connectivity index (χ3n) is 3.41. The van der Waals surface area contributed by atoms with E-state index in [9.17, 15) is 4.79 Å². The van der Waals surface area contributed by atoms with Gasteiger partial charge in [-0.2, -0.15) is 0 Å². The first-order valence-electron chi connectivity index (χ1n) is 6.05. The Kier molecular flexibility index (Phi) is 2.64. The van der Waals surface area contributed by atoms with Gasteiger partial charge in [-0.05, 0) is 29.7 Å². The van der Waals surface area contributed by atoms with Crippen molar-refractivity contribution in [1.29, 1.82) is 0 Å². The third-order valence-corrected chi connectivity index (χ3v) is 3.41. The average Bonchev–Trinajstić information content (AvgIpc) is 2.87. The minimum absolute atomic E-state index is 0.398. The SMILES string of the molecule is NC(=O)c1c[nH]cc1-c1ccc2c(c1)CCNC2. The Morgan fingerprint density at radius 1 is 1.22 bits per heavy atom. The van der Waals surface area contributed by atoms with Gasteiger partial charge in [0.25, 0.3) is 5.91 Å². The maximum absolute atomic E-state index is 11.3. The van der Waals surface area contributed by atoms with Crippen LogP contribution in [0.5, 0.6) is 0 Å². The van der Waals surface area contributed by atoms with E-state index in [2.05, 4.69) is 22.4 Å². The molecule has 0 saturated heterocycles. The minimum atomic E-state index is -0.398. The summed E-state index contributed by atoms with van der Waals surface area (Å²) in [4.78, 5) is 14.3. The number of amides is 1. The summed E-state index contributed by atoms with van der Waals surface area (Å²) in [6.07, 6.45) is 4.50. The van der Waals surface area contributed by atoms with Gasteiger partial charge in [0.2, 0.25) is 0 Å². The zero-order valence-corrected chi connectivity index (χ0v) is 9.99. The van der Waals surface area contributed by atoms with E-state index >= 15 is 0 Å². The van der Waals surface area contributed by atoms with Crippen molar-refractivity contribution in [2.75, 3.05) is 6.54 Å². The van der Waals surface area contributed by atoms with E-state index in [1.165, 1.54) is 11.1 Å². The highest BCUT2D eigenvalue weighted by molar-refractivity contribution is 5.99. The fourth-order valence-electron chi connectivity index (χ4n) is 2.45. The van der Waals surface area contributed by atoms with E-state index < -0.39 is 5.91 Å². The Bertz CT molecular complexity index is 601. The molecule has 0 unspecified atom stereocenters. The molecule has 4 heteroatoms. The predicted molar refractivity (Wildman–Crippen MR) is 70.2 cm³/mol. The summed E-state index contributed by atoms with van der Waals surface area (Å²) in [6.45, 7) is 1.93. The van der Waals surface area contributed by atoms with E-state index in [-0.39, 0.29) is 0 Å². The number of aromatic amines is 1. The van der Waals surface area contributed by atoms with Gasteiger partial charge in [0.15, 0.2) is 0 Å². The molecule has 2 aromatic rings. The largest absolute Gasteiger partial charge is 0.366 e. The third kappa shape index (κ3) is 1.80. The van der Waals surface area contributed by atoms with Gasteiger partial charge in [0.05, 0.1) is 5.56 Å². The number of aromatic nitrogens is 1. The second kappa shape index (κ2) is 4.31. The Morgan fingerprint density at radius 2 is 2.11 bits per heavy atom. The Balaban J connectivity index is 2.06. The molecule has 92 valence electrons. The number of nitrogens with two attached hydrogens (primary N) is 1. The lowest BCUT2D eigenvalue weighted by Crippen LogP contribution is -2.23. The molecule has 0 spiro atoms. The van der Waals surface area contributed by atoms with Crippen molar-refractivity contribution in [2.24, 2.45) is 5.73 Å². The molecular weight excluding hydrogens is 226 g/mol. The van der Waals surface area contributed by atoms with Crippen molar-refractivity contribution < 1.29 is 4.79 Å². The smallest absolute Gasteiger partial charge is 0.250 e. The maximum atomic E-state index is 11.3. The van der Waals surface area contributed by atoms with Crippen molar-refractivity contribution in [3.63, 3.8) is 0 Å². The normalized spacial score (nSPS) is 14.2. The molecule has 3 rings (SSSR count). The minimum Gasteiger partial charge on any atom is -0.366 e. The average molecular weight is 241 g/mol. The van der Waals surface area contributed by atoms with Gasteiger partial charge in [-0.25, -0.2) is 0 Å². The molecule has 0 aliphatic carbocycles. The number of carbonyl (C=O) groups is 1. The van der Waals surface area contributed by atoms with Crippen molar-refractivity contribution in [3.8, 4) is 11.1 Å². The highest BCUT2D eigenvalue weighted by Crippen LogP contribution is 2.26. The van der Waals surface area contributed by atoms with Gasteiger partial charge in [-0.1, -0.05) is 18.2 Å². The topological polar surface area (TPSA) is 70.9 Å². The van der Waals surface area contributed by atoms with Crippen LogP contribution in [-0.4, -0.2) is 17.4 Å². The Morgan fingerprint density at radius 3 is 2.94 bits per heavy atom. The summed E-state index contributed by atoms with van der Waals surface area (Å²) >= 11 is 0. The molecule has 4 nitrogen and oxygen atoms in total. The van der Waals surface area contributed by atoms with Gasteiger partial charge in [0, 0.05) is 24.5 Å². The lowest BCUT2D eigenvalue weighted by molar-refractivity contribution is 0.100. The van der Waals surface area contributed by atoms with Crippen LogP contribution >= 0.6 is 0 Å². The first kappa shape index (κ1) is 11.0. The lowest BCUT2D eigenvalue weighted by Gasteiger charge is -2.17. The second-order valence-electron chi connectivity index (χ2n) is 4.56. The van der Waals surface area contributed by atoms with E-state index in [1.807, 2.05) is 12.3 Å². The molecular formula is C14H15N3O. The van der Waals surface area contributed by atoms with Crippen LogP contribution in [-0.2, 0) is 13.0 Å². The van der Waals surface area contributed by atoms with Crippen LogP contribution in [0.3, 0.4) is 0 Å². The van der Waals surface area contributed by atoms with E-state index in [0.29, 0.717) is 5.56 Å². The molecule has 1 amide bonds. The summed E-state index contributed by atoms with van der Waals surface area (Å²) in [5.41, 5.74) is 10.5. The number of nitrogens with one attached hydrogen (secondary N) is 2. The quantitative estimate of drug-likeness (QED) is 0.744. The number of hydrogen-bond donors (Lipinski definition) is 3. The van der Waals surface area contributed by atoms with E-state index in [1.54, 1.807) is 6.20 Å². The van der Waals surface area contributed by atoms with Crippen molar-refractivity contribution >= 4 is 5.91 Å². The molecule has 0 atom stereocenters. The first-order chi connectivity index (χ1) is 8.75. The number of H-pyrrole nitrogens is 1. The van der Waals surface area contributed by atoms with Gasteiger partial charge >= 0.3 is 0 Å². The fourth-order valence-corrected chi connectivity index (χ4v) is 2.45. The lowest BCUT2D eigenvalue weighted by atomic mass is 9.95. The summed E-state index contributed by atoms with van der Waals surface area (Å²) < 4.78 is 0. The summed E-state index contributed by atoms with van der Waals surface area (Å²) in [5.74, 6) is -0.398. The van der Waals surface area contributed by atoms with Crippen LogP contribution < -0.4 is 11.1 Å². The standard InChI is InChI=1S/C14H15N3O/c15-14(18)13-8-17-7-12(13)10-1-2-11-6-16-4-3-9(11)5-10/h1-2,5,7-8,16-17H,3-4,6H2,(H2,15,18). The number of primary amides is 1. The molecule has 0 radical (unpaired) electrons. The van der Waals surface area contributed by atoms with Crippen LogP contribution in [0.25, 0.3) is 11.1 Å². The van der Waals surface area contributed by atoms with Crippen LogP contribution in [0.4, 0.5) is 0 Å². The maximum Gasteiger partial charge on any atom is 0.250 e. The van der Waals surface area contributed by atoms with Crippen LogP contribution in [0.1, 0.15) is 21.5 Å². The zero-order chi connectivity index (χ0) is 12.5. The fraction of sp³-hybridized carbons (Fsp3) is 0.214. The van der Waals surface area contributed by atoms with Crippen molar-refractivity contribution in [2.45, 2.75) is 13.0 Å². The highest BCUT2D eigenvalue weighted by atomic mass is 16.1. The Hall–Kier alpha value is -2.07. The van der Waals surface area contributed by atoms with E-state index in [4.69, 9.17) is 5.73 Å². The van der Waals surface area contributed by atoms with Crippen LogP contribution in [0.15, 0.2) is 30.6 Å². The van der Waals surface area contributed by atoms with Gasteiger partial charge in [-0.3, -0.25) is 4.79 Å². The number of benzene rings is 1. The molecule has 0 bridgehead atoms.